The predicted molar refractivity (Wildman–Crippen MR) is 83.4 cm³/mol. The molecule has 1 aromatic rings. The third-order valence-corrected chi connectivity index (χ3v) is 3.80. The molecule has 0 spiro atoms. The lowest BCUT2D eigenvalue weighted by molar-refractivity contribution is -0.125. The van der Waals surface area contributed by atoms with Crippen LogP contribution in [0.25, 0.3) is 0 Å². The molecule has 0 fully saturated rings. The van der Waals surface area contributed by atoms with Gasteiger partial charge in [-0.25, -0.2) is 0 Å². The number of hydrogen-bond acceptors (Lipinski definition) is 3. The van der Waals surface area contributed by atoms with E-state index in [1.807, 2.05) is 30.3 Å². The van der Waals surface area contributed by atoms with Gasteiger partial charge in [-0.3, -0.25) is 9.69 Å². The molecule has 0 aromatic heterocycles. The zero-order chi connectivity index (χ0) is 15.2. The first kappa shape index (κ1) is 16.7. The zero-order valence-electron chi connectivity index (χ0n) is 13.0. The summed E-state index contributed by atoms with van der Waals surface area (Å²) >= 11 is 0. The average Bonchev–Trinajstić information content (AvgIpc) is 2.44. The van der Waals surface area contributed by atoms with Crippen LogP contribution in [-0.4, -0.2) is 37.0 Å². The average molecular weight is 277 g/mol. The fraction of sp³-hybridized carbons (Fsp3) is 0.562. The standard InChI is InChI=1S/C16H27N3O/c1-5-11-19(13(2)3)12-16(18-4,15(17)20)14-9-7-6-8-10-14/h6-10,13,18H,5,11-12H2,1-4H3,(H2,17,20). The van der Waals surface area contributed by atoms with Gasteiger partial charge in [0.25, 0.3) is 0 Å². The number of benzene rings is 1. The van der Waals surface area contributed by atoms with Gasteiger partial charge in [-0.15, -0.1) is 0 Å². The number of carbonyl (C=O) groups is 1. The van der Waals surface area contributed by atoms with Crippen molar-refractivity contribution in [3.8, 4) is 0 Å². The number of amides is 1. The van der Waals surface area contributed by atoms with Gasteiger partial charge in [-0.2, -0.15) is 0 Å². The van der Waals surface area contributed by atoms with Gasteiger partial charge in [0, 0.05) is 12.6 Å². The third-order valence-electron chi connectivity index (χ3n) is 3.80. The lowest BCUT2D eigenvalue weighted by Crippen LogP contribution is -2.58. The molecule has 0 aliphatic carbocycles. The normalized spacial score (nSPS) is 14.5. The van der Waals surface area contributed by atoms with Gasteiger partial charge in [-0.1, -0.05) is 37.3 Å². The van der Waals surface area contributed by atoms with Crippen molar-refractivity contribution < 1.29 is 4.79 Å². The van der Waals surface area contributed by atoms with Crippen LogP contribution in [0.1, 0.15) is 32.8 Å². The first-order valence-electron chi connectivity index (χ1n) is 7.26. The molecule has 1 amide bonds. The highest BCUT2D eigenvalue weighted by Gasteiger charge is 2.39. The molecular weight excluding hydrogens is 250 g/mol. The molecule has 0 heterocycles. The molecule has 0 aliphatic heterocycles. The maximum absolute atomic E-state index is 12.1. The highest BCUT2D eigenvalue weighted by Crippen LogP contribution is 2.23. The van der Waals surface area contributed by atoms with E-state index >= 15 is 0 Å². The van der Waals surface area contributed by atoms with Crippen molar-refractivity contribution in [2.24, 2.45) is 5.73 Å². The number of carbonyl (C=O) groups excluding carboxylic acids is 1. The largest absolute Gasteiger partial charge is 0.368 e. The number of hydrogen-bond donors (Lipinski definition) is 2. The monoisotopic (exact) mass is 277 g/mol. The van der Waals surface area contributed by atoms with Gasteiger partial charge in [0.1, 0.15) is 5.54 Å². The minimum atomic E-state index is -0.847. The molecule has 4 heteroatoms. The lowest BCUT2D eigenvalue weighted by Gasteiger charge is -2.38. The second-order valence-electron chi connectivity index (χ2n) is 5.45. The van der Waals surface area contributed by atoms with E-state index in [9.17, 15) is 4.79 Å². The minimum Gasteiger partial charge on any atom is -0.368 e. The van der Waals surface area contributed by atoms with Crippen LogP contribution in [0.4, 0.5) is 0 Å². The lowest BCUT2D eigenvalue weighted by atomic mass is 9.88. The number of rotatable bonds is 8. The molecule has 0 radical (unpaired) electrons. The molecule has 112 valence electrons. The highest BCUT2D eigenvalue weighted by molar-refractivity contribution is 5.86. The zero-order valence-corrected chi connectivity index (χ0v) is 13.0. The van der Waals surface area contributed by atoms with Crippen molar-refractivity contribution in [3.05, 3.63) is 35.9 Å². The summed E-state index contributed by atoms with van der Waals surface area (Å²) in [5.41, 5.74) is 5.80. The molecule has 0 aliphatic rings. The van der Waals surface area contributed by atoms with E-state index in [0.29, 0.717) is 12.6 Å². The van der Waals surface area contributed by atoms with Gasteiger partial charge >= 0.3 is 0 Å². The van der Waals surface area contributed by atoms with Crippen molar-refractivity contribution >= 4 is 5.91 Å². The van der Waals surface area contributed by atoms with Crippen LogP contribution in [0, 0.1) is 0 Å². The molecule has 20 heavy (non-hydrogen) atoms. The quantitative estimate of drug-likeness (QED) is 0.760. The van der Waals surface area contributed by atoms with Gasteiger partial charge in [0.15, 0.2) is 0 Å². The molecule has 3 N–H and O–H groups in total. The van der Waals surface area contributed by atoms with E-state index in [1.165, 1.54) is 0 Å². The van der Waals surface area contributed by atoms with Gasteiger partial charge < -0.3 is 11.1 Å². The summed E-state index contributed by atoms with van der Waals surface area (Å²) < 4.78 is 0. The van der Waals surface area contributed by atoms with Crippen LogP contribution in [0.2, 0.25) is 0 Å². The van der Waals surface area contributed by atoms with Gasteiger partial charge in [0.2, 0.25) is 5.91 Å². The maximum Gasteiger partial charge on any atom is 0.243 e. The first-order chi connectivity index (χ1) is 9.47. The Morgan fingerprint density at radius 2 is 1.95 bits per heavy atom. The molecule has 0 saturated heterocycles. The van der Waals surface area contributed by atoms with Crippen LogP contribution < -0.4 is 11.1 Å². The topological polar surface area (TPSA) is 58.4 Å². The Morgan fingerprint density at radius 1 is 1.35 bits per heavy atom. The molecule has 0 saturated carbocycles. The van der Waals surface area contributed by atoms with Gasteiger partial charge in [-0.05, 0) is 39.4 Å². The summed E-state index contributed by atoms with van der Waals surface area (Å²) in [5.74, 6) is -0.340. The second-order valence-corrected chi connectivity index (χ2v) is 5.45. The van der Waals surface area contributed by atoms with Crippen LogP contribution in [0.3, 0.4) is 0 Å². The van der Waals surface area contributed by atoms with E-state index in [-0.39, 0.29) is 5.91 Å². The Bertz CT molecular complexity index is 419. The van der Waals surface area contributed by atoms with Crippen molar-refractivity contribution in [3.63, 3.8) is 0 Å². The molecule has 1 unspecified atom stereocenters. The Hall–Kier alpha value is -1.39. The van der Waals surface area contributed by atoms with Crippen LogP contribution >= 0.6 is 0 Å². The SMILES string of the molecule is CCCN(CC(NC)(C(N)=O)c1ccccc1)C(C)C. The maximum atomic E-state index is 12.1. The highest BCUT2D eigenvalue weighted by atomic mass is 16.1. The van der Waals surface area contributed by atoms with Crippen molar-refractivity contribution in [1.82, 2.24) is 10.2 Å². The Morgan fingerprint density at radius 3 is 2.35 bits per heavy atom. The number of nitrogens with one attached hydrogen (secondary N) is 1. The fourth-order valence-electron chi connectivity index (χ4n) is 2.49. The number of likely N-dealkylation sites (N-methyl/N-ethyl adjacent to an activating group) is 1. The Balaban J connectivity index is 3.15. The third kappa shape index (κ3) is 3.58. The van der Waals surface area contributed by atoms with E-state index in [1.54, 1.807) is 7.05 Å². The predicted octanol–water partition coefficient (Wildman–Crippen LogP) is 1.71. The van der Waals surface area contributed by atoms with E-state index in [4.69, 9.17) is 5.73 Å². The second kappa shape index (κ2) is 7.41. The van der Waals surface area contributed by atoms with E-state index in [0.717, 1.165) is 18.5 Å². The summed E-state index contributed by atoms with van der Waals surface area (Å²) in [7, 11) is 1.79. The summed E-state index contributed by atoms with van der Waals surface area (Å²) in [6, 6.07) is 10.1. The Kier molecular flexibility index (Phi) is 6.17. The minimum absolute atomic E-state index is 0.340. The summed E-state index contributed by atoms with van der Waals surface area (Å²) in [4.78, 5) is 14.4. The molecule has 0 bridgehead atoms. The fourth-order valence-corrected chi connectivity index (χ4v) is 2.49. The van der Waals surface area contributed by atoms with Crippen molar-refractivity contribution in [2.75, 3.05) is 20.1 Å². The van der Waals surface area contributed by atoms with Gasteiger partial charge in [0.05, 0.1) is 0 Å². The molecular formula is C16H27N3O. The molecule has 4 nitrogen and oxygen atoms in total. The molecule has 1 atom stereocenters. The van der Waals surface area contributed by atoms with Crippen LogP contribution in [-0.2, 0) is 10.3 Å². The van der Waals surface area contributed by atoms with Crippen molar-refractivity contribution in [2.45, 2.75) is 38.8 Å². The number of primary amides is 1. The van der Waals surface area contributed by atoms with Crippen LogP contribution in [0.5, 0.6) is 0 Å². The summed E-state index contributed by atoms with van der Waals surface area (Å²) in [6.07, 6.45) is 1.05. The van der Waals surface area contributed by atoms with Crippen LogP contribution in [0.15, 0.2) is 30.3 Å². The van der Waals surface area contributed by atoms with E-state index < -0.39 is 5.54 Å². The smallest absolute Gasteiger partial charge is 0.243 e. The number of nitrogens with zero attached hydrogens (tertiary/aromatic N) is 1. The summed E-state index contributed by atoms with van der Waals surface area (Å²) in [6.45, 7) is 7.95. The Labute approximate surface area is 122 Å². The molecule has 1 aromatic carbocycles. The summed E-state index contributed by atoms with van der Waals surface area (Å²) in [5, 5.41) is 3.16. The first-order valence-corrected chi connectivity index (χ1v) is 7.26. The van der Waals surface area contributed by atoms with Crippen molar-refractivity contribution in [1.29, 1.82) is 0 Å². The number of nitrogens with two attached hydrogens (primary N) is 1. The van der Waals surface area contributed by atoms with E-state index in [2.05, 4.69) is 31.0 Å². The molecule has 1 rings (SSSR count).